The summed E-state index contributed by atoms with van der Waals surface area (Å²) in [6.45, 7) is 0. The van der Waals surface area contributed by atoms with Gasteiger partial charge in [-0.25, -0.2) is 14.6 Å². The van der Waals surface area contributed by atoms with Crippen LogP contribution in [0.3, 0.4) is 0 Å². The molecule has 0 fully saturated rings. The van der Waals surface area contributed by atoms with Crippen LogP contribution in [0.4, 0.5) is 0 Å². The summed E-state index contributed by atoms with van der Waals surface area (Å²) >= 11 is 3.36. The molecule has 4 aromatic heterocycles. The highest BCUT2D eigenvalue weighted by Gasteiger charge is 2.19. The van der Waals surface area contributed by atoms with Gasteiger partial charge in [0.2, 0.25) is 0 Å². The van der Waals surface area contributed by atoms with Gasteiger partial charge >= 0.3 is 0 Å². The van der Waals surface area contributed by atoms with Crippen molar-refractivity contribution in [1.82, 2.24) is 24.7 Å². The van der Waals surface area contributed by atoms with E-state index in [0.717, 1.165) is 58.5 Å². The van der Waals surface area contributed by atoms with Gasteiger partial charge in [-0.1, -0.05) is 42.5 Å². The van der Waals surface area contributed by atoms with E-state index in [2.05, 4.69) is 65.8 Å². The molecule has 0 N–H and O–H groups in total. The standard InChI is InChI=1S/C30H19N5S2/c1-2-10-22(11-3-1)35-19-21(28(34-35)20-9-8-16-31-18-20)17-23(29-32-24-12-4-6-14-26(24)36-29)30-33-25-13-5-7-15-27(25)37-30/h1-19H. The number of nitrogens with zero attached hydrogens (tertiary/aromatic N) is 5. The molecule has 0 unspecified atom stereocenters. The van der Waals surface area contributed by atoms with E-state index < -0.39 is 0 Å². The maximum atomic E-state index is 5.00. The molecule has 4 heterocycles. The van der Waals surface area contributed by atoms with Crippen LogP contribution in [0.15, 0.2) is 110 Å². The highest BCUT2D eigenvalue weighted by molar-refractivity contribution is 7.22. The normalized spacial score (nSPS) is 11.2. The molecule has 7 aromatic rings. The van der Waals surface area contributed by atoms with Crippen LogP contribution < -0.4 is 0 Å². The molecule has 3 aromatic carbocycles. The van der Waals surface area contributed by atoms with Gasteiger partial charge in [-0.05, 0) is 54.6 Å². The summed E-state index contributed by atoms with van der Waals surface area (Å²) in [5, 5.41) is 6.84. The van der Waals surface area contributed by atoms with E-state index in [0.29, 0.717) is 0 Å². The lowest BCUT2D eigenvalue weighted by Crippen LogP contribution is -1.94. The van der Waals surface area contributed by atoms with Crippen LogP contribution in [0, 0.1) is 0 Å². The number of pyridine rings is 1. The smallest absolute Gasteiger partial charge is 0.127 e. The van der Waals surface area contributed by atoms with Crippen molar-refractivity contribution in [3.8, 4) is 16.9 Å². The molecule has 0 radical (unpaired) electrons. The number of rotatable bonds is 5. The lowest BCUT2D eigenvalue weighted by atomic mass is 10.1. The number of benzene rings is 3. The zero-order chi connectivity index (χ0) is 24.6. The molecule has 0 bridgehead atoms. The Balaban J connectivity index is 1.47. The van der Waals surface area contributed by atoms with Gasteiger partial charge in [0, 0.05) is 35.3 Å². The van der Waals surface area contributed by atoms with Gasteiger partial charge in [0.25, 0.3) is 0 Å². The molecule has 0 saturated heterocycles. The third-order valence-electron chi connectivity index (χ3n) is 6.05. The Morgan fingerprint density at radius 2 is 1.35 bits per heavy atom. The third kappa shape index (κ3) is 4.14. The largest absolute Gasteiger partial charge is 0.264 e. The second-order valence-corrected chi connectivity index (χ2v) is 10.5. The average Bonchev–Trinajstić information content (AvgIpc) is 3.69. The SMILES string of the molecule is C(=C(c1nc2ccccc2s1)c1nc2ccccc2s1)c1cn(-c2ccccc2)nc1-c1cccnc1. The van der Waals surface area contributed by atoms with Gasteiger partial charge < -0.3 is 0 Å². The summed E-state index contributed by atoms with van der Waals surface area (Å²) in [5.74, 6) is 0. The second kappa shape index (κ2) is 9.20. The van der Waals surface area contributed by atoms with Gasteiger partial charge in [0.1, 0.15) is 15.7 Å². The molecule has 0 atom stereocenters. The lowest BCUT2D eigenvalue weighted by molar-refractivity contribution is 0.884. The van der Waals surface area contributed by atoms with E-state index in [1.807, 2.05) is 53.3 Å². The van der Waals surface area contributed by atoms with Crippen molar-refractivity contribution in [3.63, 3.8) is 0 Å². The van der Waals surface area contributed by atoms with E-state index in [-0.39, 0.29) is 0 Å². The quantitative estimate of drug-likeness (QED) is 0.236. The van der Waals surface area contributed by atoms with Crippen molar-refractivity contribution < 1.29 is 0 Å². The molecule has 7 heteroatoms. The Morgan fingerprint density at radius 1 is 0.703 bits per heavy atom. The van der Waals surface area contributed by atoms with Crippen LogP contribution in [0.25, 0.3) is 49.0 Å². The lowest BCUT2D eigenvalue weighted by Gasteiger charge is -2.02. The van der Waals surface area contributed by atoms with E-state index in [9.17, 15) is 0 Å². The van der Waals surface area contributed by atoms with Crippen molar-refractivity contribution in [2.45, 2.75) is 0 Å². The fourth-order valence-corrected chi connectivity index (χ4v) is 6.31. The predicted octanol–water partition coefficient (Wildman–Crippen LogP) is 7.74. The number of para-hydroxylation sites is 3. The Kier molecular flexibility index (Phi) is 5.42. The zero-order valence-corrected chi connectivity index (χ0v) is 21.2. The van der Waals surface area contributed by atoms with E-state index in [4.69, 9.17) is 15.1 Å². The first-order valence-corrected chi connectivity index (χ1v) is 13.4. The van der Waals surface area contributed by atoms with E-state index in [1.165, 1.54) is 0 Å². The molecule has 5 nitrogen and oxygen atoms in total. The molecule has 176 valence electrons. The molecule has 0 spiro atoms. The highest BCUT2D eigenvalue weighted by Crippen LogP contribution is 2.37. The number of hydrogen-bond donors (Lipinski definition) is 0. The van der Waals surface area contributed by atoms with Gasteiger partial charge in [-0.3, -0.25) is 4.98 Å². The molecular weight excluding hydrogens is 494 g/mol. The van der Waals surface area contributed by atoms with Crippen LogP contribution in [0.2, 0.25) is 0 Å². The van der Waals surface area contributed by atoms with Gasteiger partial charge in [0.15, 0.2) is 0 Å². The number of thiazole rings is 2. The van der Waals surface area contributed by atoms with Crippen molar-refractivity contribution in [1.29, 1.82) is 0 Å². The first-order valence-electron chi connectivity index (χ1n) is 11.8. The molecule has 7 rings (SSSR count). The third-order valence-corrected chi connectivity index (χ3v) is 8.19. The topological polar surface area (TPSA) is 56.5 Å². The summed E-state index contributed by atoms with van der Waals surface area (Å²) in [6.07, 6.45) is 7.87. The first-order chi connectivity index (χ1) is 18.3. The maximum absolute atomic E-state index is 5.00. The zero-order valence-electron chi connectivity index (χ0n) is 19.5. The van der Waals surface area contributed by atoms with E-state index in [1.54, 1.807) is 28.9 Å². The van der Waals surface area contributed by atoms with Gasteiger partial charge in [-0.2, -0.15) is 5.10 Å². The van der Waals surface area contributed by atoms with Crippen molar-refractivity contribution in [3.05, 3.63) is 125 Å². The summed E-state index contributed by atoms with van der Waals surface area (Å²) in [7, 11) is 0. The van der Waals surface area contributed by atoms with Crippen LogP contribution in [0.1, 0.15) is 15.6 Å². The Morgan fingerprint density at radius 3 is 1.97 bits per heavy atom. The summed E-state index contributed by atoms with van der Waals surface area (Å²) in [5.41, 5.74) is 6.75. The fourth-order valence-electron chi connectivity index (χ4n) is 4.28. The monoisotopic (exact) mass is 513 g/mol. The first kappa shape index (κ1) is 21.8. The molecule has 0 aliphatic rings. The molecular formula is C30H19N5S2. The van der Waals surface area contributed by atoms with Crippen LogP contribution in [-0.2, 0) is 0 Å². The Labute approximate surface area is 221 Å². The minimum atomic E-state index is 0.858. The molecule has 0 aliphatic carbocycles. The van der Waals surface area contributed by atoms with Crippen molar-refractivity contribution in [2.24, 2.45) is 0 Å². The van der Waals surface area contributed by atoms with Crippen molar-refractivity contribution in [2.75, 3.05) is 0 Å². The second-order valence-electron chi connectivity index (χ2n) is 8.49. The average molecular weight is 514 g/mol. The minimum absolute atomic E-state index is 0.858. The summed E-state index contributed by atoms with van der Waals surface area (Å²) in [4.78, 5) is 14.3. The van der Waals surface area contributed by atoms with Gasteiger partial charge in [-0.15, -0.1) is 22.7 Å². The molecule has 0 saturated carbocycles. The number of fused-ring (bicyclic) bond motifs is 2. The van der Waals surface area contributed by atoms with Gasteiger partial charge in [0.05, 0.1) is 26.1 Å². The highest BCUT2D eigenvalue weighted by atomic mass is 32.1. The van der Waals surface area contributed by atoms with Crippen LogP contribution in [0.5, 0.6) is 0 Å². The van der Waals surface area contributed by atoms with Crippen LogP contribution >= 0.6 is 22.7 Å². The number of hydrogen-bond acceptors (Lipinski definition) is 6. The Hall–Kier alpha value is -4.46. The molecule has 0 aliphatic heterocycles. The minimum Gasteiger partial charge on any atom is -0.264 e. The summed E-state index contributed by atoms with van der Waals surface area (Å²) < 4.78 is 4.22. The van der Waals surface area contributed by atoms with Crippen molar-refractivity contribution >= 4 is 54.8 Å². The fraction of sp³-hybridized carbons (Fsp3) is 0. The number of aromatic nitrogens is 5. The molecule has 0 amide bonds. The van der Waals surface area contributed by atoms with Crippen LogP contribution in [-0.4, -0.2) is 24.7 Å². The predicted molar refractivity (Wildman–Crippen MR) is 153 cm³/mol. The maximum Gasteiger partial charge on any atom is 0.127 e. The molecule has 37 heavy (non-hydrogen) atoms. The summed E-state index contributed by atoms with van der Waals surface area (Å²) in [6, 6.07) is 30.6. The Bertz CT molecular complexity index is 1740. The van der Waals surface area contributed by atoms with E-state index >= 15 is 0 Å².